The van der Waals surface area contributed by atoms with E-state index in [1.807, 2.05) is 17.8 Å². The molecule has 7 nitrogen and oxygen atoms in total. The average Bonchev–Trinajstić information content (AvgIpc) is 2.85. The van der Waals surface area contributed by atoms with Gasteiger partial charge in [-0.3, -0.25) is 9.48 Å². The highest BCUT2D eigenvalue weighted by Crippen LogP contribution is 2.35. The van der Waals surface area contributed by atoms with E-state index in [0.717, 1.165) is 24.3 Å². The Hall–Kier alpha value is -2.70. The van der Waals surface area contributed by atoms with Crippen molar-refractivity contribution in [2.75, 3.05) is 29.5 Å². The monoisotopic (exact) mass is 287 g/mol. The first-order chi connectivity index (χ1) is 10.1. The maximum absolute atomic E-state index is 11.3. The van der Waals surface area contributed by atoms with Crippen LogP contribution in [-0.2, 0) is 18.3 Å². The lowest BCUT2D eigenvalue weighted by molar-refractivity contribution is -0.118. The van der Waals surface area contributed by atoms with Crippen molar-refractivity contribution in [2.24, 2.45) is 7.05 Å². The molecule has 2 aromatic rings. The summed E-state index contributed by atoms with van der Waals surface area (Å²) in [6.45, 7) is 0.747. The van der Waals surface area contributed by atoms with Gasteiger partial charge in [-0.25, -0.2) is 0 Å². The molecule has 1 aromatic carbocycles. The number of nitrogen functional groups attached to an aromatic ring is 1. The van der Waals surface area contributed by atoms with Gasteiger partial charge >= 0.3 is 0 Å². The van der Waals surface area contributed by atoms with Gasteiger partial charge in [0.1, 0.15) is 5.75 Å². The van der Waals surface area contributed by atoms with Crippen molar-refractivity contribution >= 4 is 23.0 Å². The molecule has 3 rings (SSSR count). The summed E-state index contributed by atoms with van der Waals surface area (Å²) in [5.74, 6) is 0.442. The van der Waals surface area contributed by atoms with Gasteiger partial charge in [0, 0.05) is 38.0 Å². The fourth-order valence-electron chi connectivity index (χ4n) is 2.27. The number of benzene rings is 1. The normalized spacial score (nSPS) is 13.3. The summed E-state index contributed by atoms with van der Waals surface area (Å²) in [6.07, 6.45) is 2.60. The number of fused-ring (bicyclic) bond motifs is 1. The Balaban J connectivity index is 1.69. The van der Waals surface area contributed by atoms with Crippen LogP contribution in [0, 0.1) is 0 Å². The SMILES string of the molecule is Cn1nccc1CCNc1cc2c(cc1N)OCC(=O)N2. The first kappa shape index (κ1) is 13.3. The predicted molar refractivity (Wildman–Crippen MR) is 80.4 cm³/mol. The molecule has 0 atom stereocenters. The maximum atomic E-state index is 11.3. The Kier molecular flexibility index (Phi) is 3.39. The zero-order valence-electron chi connectivity index (χ0n) is 11.7. The van der Waals surface area contributed by atoms with E-state index < -0.39 is 0 Å². The third-order valence-electron chi connectivity index (χ3n) is 3.40. The number of hydrogen-bond acceptors (Lipinski definition) is 5. The number of carbonyl (C=O) groups is 1. The van der Waals surface area contributed by atoms with Crippen molar-refractivity contribution < 1.29 is 9.53 Å². The highest BCUT2D eigenvalue weighted by molar-refractivity contribution is 5.97. The minimum Gasteiger partial charge on any atom is -0.482 e. The minimum atomic E-state index is -0.159. The molecule has 1 aromatic heterocycles. The van der Waals surface area contributed by atoms with Gasteiger partial charge in [-0.05, 0) is 12.1 Å². The molecule has 0 aliphatic carbocycles. The Morgan fingerprint density at radius 1 is 1.52 bits per heavy atom. The van der Waals surface area contributed by atoms with Gasteiger partial charge in [0.05, 0.1) is 17.1 Å². The lowest BCUT2D eigenvalue weighted by Crippen LogP contribution is -2.25. The standard InChI is InChI=1S/C14H17N5O2/c1-19-9(3-5-17-19)2-4-16-11-7-12-13(6-10(11)15)21-8-14(20)18-12/h3,5-7,16H,2,4,8,15H2,1H3,(H,18,20). The van der Waals surface area contributed by atoms with Crippen molar-refractivity contribution in [1.82, 2.24) is 9.78 Å². The smallest absolute Gasteiger partial charge is 0.262 e. The van der Waals surface area contributed by atoms with Crippen LogP contribution < -0.4 is 21.1 Å². The third kappa shape index (κ3) is 2.76. The highest BCUT2D eigenvalue weighted by Gasteiger charge is 2.17. The van der Waals surface area contributed by atoms with Crippen LogP contribution >= 0.6 is 0 Å². The van der Waals surface area contributed by atoms with Crippen LogP contribution in [0.4, 0.5) is 17.1 Å². The molecular formula is C14H17N5O2. The summed E-state index contributed by atoms with van der Waals surface area (Å²) in [5, 5.41) is 10.2. The number of aromatic nitrogens is 2. The zero-order chi connectivity index (χ0) is 14.8. The molecular weight excluding hydrogens is 270 g/mol. The number of nitrogens with one attached hydrogen (secondary N) is 2. The molecule has 0 bridgehead atoms. The van der Waals surface area contributed by atoms with Gasteiger partial charge in [0.2, 0.25) is 0 Å². The first-order valence-corrected chi connectivity index (χ1v) is 6.70. The maximum Gasteiger partial charge on any atom is 0.262 e. The lowest BCUT2D eigenvalue weighted by atomic mass is 10.2. The number of nitrogens with two attached hydrogens (primary N) is 1. The molecule has 0 radical (unpaired) electrons. The molecule has 0 unspecified atom stereocenters. The van der Waals surface area contributed by atoms with Crippen LogP contribution in [-0.4, -0.2) is 28.8 Å². The number of anilines is 3. The molecule has 0 saturated carbocycles. The summed E-state index contributed by atoms with van der Waals surface area (Å²) >= 11 is 0. The second-order valence-electron chi connectivity index (χ2n) is 4.90. The van der Waals surface area contributed by atoms with E-state index in [0.29, 0.717) is 17.1 Å². The molecule has 1 aliphatic rings. The van der Waals surface area contributed by atoms with Crippen molar-refractivity contribution in [2.45, 2.75) is 6.42 Å². The number of amides is 1. The number of ether oxygens (including phenoxy) is 1. The van der Waals surface area contributed by atoms with Crippen LogP contribution in [0.1, 0.15) is 5.69 Å². The van der Waals surface area contributed by atoms with Crippen molar-refractivity contribution in [1.29, 1.82) is 0 Å². The summed E-state index contributed by atoms with van der Waals surface area (Å²) in [5.41, 5.74) is 9.14. The van der Waals surface area contributed by atoms with Crippen molar-refractivity contribution in [3.05, 3.63) is 30.1 Å². The number of nitrogens with zero attached hydrogens (tertiary/aromatic N) is 2. The van der Waals surface area contributed by atoms with Crippen molar-refractivity contribution in [3.8, 4) is 5.75 Å². The van der Waals surface area contributed by atoms with Crippen LogP contribution in [0.3, 0.4) is 0 Å². The van der Waals surface area contributed by atoms with E-state index in [-0.39, 0.29) is 12.5 Å². The van der Waals surface area contributed by atoms with E-state index in [2.05, 4.69) is 15.7 Å². The van der Waals surface area contributed by atoms with Crippen LogP contribution in [0.25, 0.3) is 0 Å². The lowest BCUT2D eigenvalue weighted by Gasteiger charge is -2.20. The quantitative estimate of drug-likeness (QED) is 0.729. The molecule has 110 valence electrons. The highest BCUT2D eigenvalue weighted by atomic mass is 16.5. The summed E-state index contributed by atoms with van der Waals surface area (Å²) in [6, 6.07) is 5.50. The van der Waals surface area contributed by atoms with E-state index in [4.69, 9.17) is 10.5 Å². The minimum absolute atomic E-state index is 0.0275. The number of aryl methyl sites for hydroxylation is 1. The zero-order valence-corrected chi connectivity index (χ0v) is 11.7. The van der Waals surface area contributed by atoms with Gasteiger partial charge in [-0.15, -0.1) is 0 Å². The molecule has 1 aliphatic heterocycles. The molecule has 21 heavy (non-hydrogen) atoms. The molecule has 0 spiro atoms. The van der Waals surface area contributed by atoms with Gasteiger partial charge in [0.25, 0.3) is 5.91 Å². The number of rotatable bonds is 4. The molecule has 2 heterocycles. The molecule has 4 N–H and O–H groups in total. The van der Waals surface area contributed by atoms with Crippen LogP contribution in [0.5, 0.6) is 5.75 Å². The number of hydrogen-bond donors (Lipinski definition) is 3. The van der Waals surface area contributed by atoms with E-state index in [1.54, 1.807) is 18.3 Å². The molecule has 0 fully saturated rings. The van der Waals surface area contributed by atoms with Gasteiger partial charge < -0.3 is 21.1 Å². The van der Waals surface area contributed by atoms with Crippen LogP contribution in [0.2, 0.25) is 0 Å². The predicted octanol–water partition coefficient (Wildman–Crippen LogP) is 0.988. The van der Waals surface area contributed by atoms with Crippen LogP contribution in [0.15, 0.2) is 24.4 Å². The fourth-order valence-corrected chi connectivity index (χ4v) is 2.27. The Morgan fingerprint density at radius 3 is 3.14 bits per heavy atom. The Labute approximate surface area is 122 Å². The Morgan fingerprint density at radius 2 is 2.38 bits per heavy atom. The van der Waals surface area contributed by atoms with Gasteiger partial charge in [0.15, 0.2) is 6.61 Å². The Bertz CT molecular complexity index is 680. The van der Waals surface area contributed by atoms with Gasteiger partial charge in [-0.2, -0.15) is 5.10 Å². The van der Waals surface area contributed by atoms with Gasteiger partial charge in [-0.1, -0.05) is 0 Å². The van der Waals surface area contributed by atoms with E-state index >= 15 is 0 Å². The fraction of sp³-hybridized carbons (Fsp3) is 0.286. The molecule has 0 saturated heterocycles. The summed E-state index contributed by atoms with van der Waals surface area (Å²) in [7, 11) is 1.91. The number of carbonyl (C=O) groups excluding carboxylic acids is 1. The van der Waals surface area contributed by atoms with E-state index in [1.165, 1.54) is 0 Å². The third-order valence-corrected chi connectivity index (χ3v) is 3.40. The second kappa shape index (κ2) is 5.35. The van der Waals surface area contributed by atoms with Crippen molar-refractivity contribution in [3.63, 3.8) is 0 Å². The first-order valence-electron chi connectivity index (χ1n) is 6.70. The largest absolute Gasteiger partial charge is 0.482 e. The van der Waals surface area contributed by atoms with E-state index in [9.17, 15) is 4.79 Å². The summed E-state index contributed by atoms with van der Waals surface area (Å²) < 4.78 is 7.16. The molecule has 1 amide bonds. The summed E-state index contributed by atoms with van der Waals surface area (Å²) in [4.78, 5) is 11.3. The topological polar surface area (TPSA) is 94.2 Å². The molecule has 7 heteroatoms. The second-order valence-corrected chi connectivity index (χ2v) is 4.90. The average molecular weight is 287 g/mol.